The number of halogens is 1. The van der Waals surface area contributed by atoms with E-state index in [2.05, 4.69) is 5.32 Å². The Hall–Kier alpha value is -3.92. The SMILES string of the molecule is CCCNC(=O)C(Cc1ccccc1)N(Cc1cccc(OC)c1)C(=O)CN(c1cccc(F)c1)S(C)(=O)=O. The third-order valence-electron chi connectivity index (χ3n) is 6.08. The smallest absolute Gasteiger partial charge is 0.244 e. The monoisotopic (exact) mass is 555 g/mol. The van der Waals surface area contributed by atoms with Crippen LogP contribution in [0.15, 0.2) is 78.9 Å². The molecule has 0 spiro atoms. The molecule has 39 heavy (non-hydrogen) atoms. The van der Waals surface area contributed by atoms with Crippen molar-refractivity contribution in [3.63, 3.8) is 0 Å². The molecule has 208 valence electrons. The van der Waals surface area contributed by atoms with Gasteiger partial charge in [0.2, 0.25) is 21.8 Å². The van der Waals surface area contributed by atoms with Crippen molar-refractivity contribution in [1.29, 1.82) is 0 Å². The quantitative estimate of drug-likeness (QED) is 0.347. The molecule has 1 unspecified atom stereocenters. The van der Waals surface area contributed by atoms with E-state index in [1.165, 1.54) is 30.2 Å². The lowest BCUT2D eigenvalue weighted by Gasteiger charge is -2.33. The molecule has 3 aromatic rings. The summed E-state index contributed by atoms with van der Waals surface area (Å²) in [6.07, 6.45) is 1.87. The van der Waals surface area contributed by atoms with Crippen molar-refractivity contribution >= 4 is 27.5 Å². The van der Waals surface area contributed by atoms with Gasteiger partial charge in [0.1, 0.15) is 24.2 Å². The summed E-state index contributed by atoms with van der Waals surface area (Å²) >= 11 is 0. The summed E-state index contributed by atoms with van der Waals surface area (Å²) in [4.78, 5) is 28.8. The lowest BCUT2D eigenvalue weighted by Crippen LogP contribution is -2.53. The molecule has 3 rings (SSSR count). The van der Waals surface area contributed by atoms with Crippen LogP contribution in [0.4, 0.5) is 10.1 Å². The number of hydrogen-bond donors (Lipinski definition) is 1. The van der Waals surface area contributed by atoms with E-state index in [0.717, 1.165) is 22.2 Å². The number of rotatable bonds is 13. The number of ether oxygens (including phenoxy) is 1. The van der Waals surface area contributed by atoms with E-state index in [0.29, 0.717) is 24.3 Å². The predicted molar refractivity (Wildman–Crippen MR) is 149 cm³/mol. The zero-order valence-corrected chi connectivity index (χ0v) is 23.2. The highest BCUT2D eigenvalue weighted by Gasteiger charge is 2.33. The van der Waals surface area contributed by atoms with Gasteiger partial charge in [-0.15, -0.1) is 0 Å². The Morgan fingerprint density at radius 1 is 0.974 bits per heavy atom. The number of benzene rings is 3. The van der Waals surface area contributed by atoms with Gasteiger partial charge in [-0.05, 0) is 47.9 Å². The van der Waals surface area contributed by atoms with Gasteiger partial charge in [-0.1, -0.05) is 55.5 Å². The van der Waals surface area contributed by atoms with Crippen LogP contribution in [0.2, 0.25) is 0 Å². The molecule has 10 heteroatoms. The second-order valence-electron chi connectivity index (χ2n) is 9.12. The van der Waals surface area contributed by atoms with Gasteiger partial charge in [0.05, 0.1) is 19.1 Å². The fourth-order valence-electron chi connectivity index (χ4n) is 4.13. The maximum absolute atomic E-state index is 14.0. The summed E-state index contributed by atoms with van der Waals surface area (Å²) in [5.74, 6) is -1.02. The van der Waals surface area contributed by atoms with Gasteiger partial charge in [-0.25, -0.2) is 12.8 Å². The predicted octanol–water partition coefficient (Wildman–Crippen LogP) is 3.77. The molecule has 0 aromatic heterocycles. The molecule has 0 radical (unpaired) electrons. The van der Waals surface area contributed by atoms with E-state index in [1.807, 2.05) is 37.3 Å². The van der Waals surface area contributed by atoms with Crippen LogP contribution in [0.25, 0.3) is 0 Å². The molecule has 1 atom stereocenters. The molecule has 3 aromatic carbocycles. The number of carbonyl (C=O) groups excluding carboxylic acids is 2. The van der Waals surface area contributed by atoms with Crippen molar-refractivity contribution in [2.45, 2.75) is 32.4 Å². The third kappa shape index (κ3) is 8.54. The highest BCUT2D eigenvalue weighted by atomic mass is 32.2. The Morgan fingerprint density at radius 3 is 2.31 bits per heavy atom. The van der Waals surface area contributed by atoms with E-state index in [1.54, 1.807) is 24.3 Å². The first kappa shape index (κ1) is 29.6. The summed E-state index contributed by atoms with van der Waals surface area (Å²) in [6.45, 7) is 1.76. The molecular formula is C29H34FN3O5S. The van der Waals surface area contributed by atoms with Crippen LogP contribution < -0.4 is 14.4 Å². The number of carbonyl (C=O) groups is 2. The topological polar surface area (TPSA) is 96.0 Å². The normalized spacial score (nSPS) is 11.9. The largest absolute Gasteiger partial charge is 0.497 e. The Balaban J connectivity index is 2.05. The molecule has 0 saturated carbocycles. The number of nitrogens with zero attached hydrogens (tertiary/aromatic N) is 2. The zero-order chi connectivity index (χ0) is 28.4. The summed E-state index contributed by atoms with van der Waals surface area (Å²) in [5.41, 5.74) is 1.55. The van der Waals surface area contributed by atoms with Gasteiger partial charge >= 0.3 is 0 Å². The average Bonchev–Trinajstić information content (AvgIpc) is 2.92. The molecule has 2 amide bonds. The van der Waals surface area contributed by atoms with E-state index >= 15 is 0 Å². The molecule has 0 aliphatic rings. The molecular weight excluding hydrogens is 521 g/mol. The lowest BCUT2D eigenvalue weighted by molar-refractivity contribution is -0.140. The highest BCUT2D eigenvalue weighted by molar-refractivity contribution is 7.92. The Kier molecular flexibility index (Phi) is 10.4. The number of nitrogens with one attached hydrogen (secondary N) is 1. The van der Waals surface area contributed by atoms with Gasteiger partial charge in [-0.2, -0.15) is 0 Å². The summed E-state index contributed by atoms with van der Waals surface area (Å²) in [5, 5.41) is 2.88. The van der Waals surface area contributed by atoms with Crippen molar-refractivity contribution in [2.24, 2.45) is 0 Å². The first-order chi connectivity index (χ1) is 18.6. The first-order valence-electron chi connectivity index (χ1n) is 12.6. The van der Waals surface area contributed by atoms with E-state index in [9.17, 15) is 22.4 Å². The van der Waals surface area contributed by atoms with Gasteiger partial charge in [-0.3, -0.25) is 13.9 Å². The highest BCUT2D eigenvalue weighted by Crippen LogP contribution is 2.22. The Bertz CT molecular complexity index is 1370. The number of sulfonamides is 1. The number of anilines is 1. The van der Waals surface area contributed by atoms with Crippen LogP contribution in [0.1, 0.15) is 24.5 Å². The minimum atomic E-state index is -3.97. The number of amides is 2. The second-order valence-corrected chi connectivity index (χ2v) is 11.0. The Labute approximate surface area is 229 Å². The molecule has 1 N–H and O–H groups in total. The first-order valence-corrected chi connectivity index (χ1v) is 14.4. The molecule has 0 aliphatic heterocycles. The molecule has 8 nitrogen and oxygen atoms in total. The number of methoxy groups -OCH3 is 1. The van der Waals surface area contributed by atoms with Gasteiger partial charge < -0.3 is 15.0 Å². The summed E-state index contributed by atoms with van der Waals surface area (Å²) in [7, 11) is -2.44. The van der Waals surface area contributed by atoms with Crippen molar-refractivity contribution in [3.05, 3.63) is 95.8 Å². The molecule has 0 bridgehead atoms. The van der Waals surface area contributed by atoms with Crippen LogP contribution in [0.5, 0.6) is 5.75 Å². The Morgan fingerprint density at radius 2 is 1.67 bits per heavy atom. The zero-order valence-electron chi connectivity index (χ0n) is 22.3. The van der Waals surface area contributed by atoms with Crippen LogP contribution in [-0.4, -0.2) is 57.6 Å². The van der Waals surface area contributed by atoms with Crippen LogP contribution in [0, 0.1) is 5.82 Å². The molecule has 0 saturated heterocycles. The van der Waals surface area contributed by atoms with Crippen molar-refractivity contribution in [2.75, 3.05) is 30.8 Å². The fraction of sp³-hybridized carbons (Fsp3) is 0.310. The lowest BCUT2D eigenvalue weighted by atomic mass is 10.0. The summed E-state index contributed by atoms with van der Waals surface area (Å²) < 4.78 is 45.6. The van der Waals surface area contributed by atoms with Crippen molar-refractivity contribution in [1.82, 2.24) is 10.2 Å². The van der Waals surface area contributed by atoms with E-state index in [4.69, 9.17) is 4.74 Å². The van der Waals surface area contributed by atoms with Crippen molar-refractivity contribution < 1.29 is 27.1 Å². The van der Waals surface area contributed by atoms with Crippen LogP contribution in [0.3, 0.4) is 0 Å². The summed E-state index contributed by atoms with van der Waals surface area (Å²) in [6, 6.07) is 20.5. The maximum atomic E-state index is 14.0. The minimum Gasteiger partial charge on any atom is -0.497 e. The standard InChI is InChI=1S/C29H34FN3O5S/c1-4-16-31-29(35)27(18-22-10-6-5-7-11-22)32(20-23-12-8-15-26(17-23)38-2)28(34)21-33(39(3,36)37)25-14-9-13-24(30)19-25/h5-15,17,19,27H,4,16,18,20-21H2,1-3H3,(H,31,35). The van der Waals surface area contributed by atoms with Crippen LogP contribution in [-0.2, 0) is 32.6 Å². The maximum Gasteiger partial charge on any atom is 0.244 e. The van der Waals surface area contributed by atoms with Gasteiger partial charge in [0.25, 0.3) is 0 Å². The van der Waals surface area contributed by atoms with E-state index in [-0.39, 0.29) is 24.6 Å². The second kappa shape index (κ2) is 13.7. The van der Waals surface area contributed by atoms with Gasteiger partial charge in [0, 0.05) is 19.5 Å². The van der Waals surface area contributed by atoms with Crippen LogP contribution >= 0.6 is 0 Å². The number of hydrogen-bond acceptors (Lipinski definition) is 5. The fourth-order valence-corrected chi connectivity index (χ4v) is 4.97. The molecule has 0 fully saturated rings. The molecule has 0 heterocycles. The minimum absolute atomic E-state index is 0.0159. The van der Waals surface area contributed by atoms with E-state index < -0.39 is 34.3 Å². The molecule has 0 aliphatic carbocycles. The van der Waals surface area contributed by atoms with Gasteiger partial charge in [0.15, 0.2) is 0 Å². The van der Waals surface area contributed by atoms with Crippen molar-refractivity contribution in [3.8, 4) is 5.75 Å². The third-order valence-corrected chi connectivity index (χ3v) is 7.22. The average molecular weight is 556 g/mol.